The maximum Gasteiger partial charge on any atom is 0.268 e. The minimum atomic E-state index is -0.593. The molecule has 0 aromatic heterocycles. The fourth-order valence-electron chi connectivity index (χ4n) is 3.68. The van der Waals surface area contributed by atoms with E-state index in [4.69, 9.17) is 14.2 Å². The fourth-order valence-corrected chi connectivity index (χ4v) is 3.68. The van der Waals surface area contributed by atoms with Gasteiger partial charge in [0, 0.05) is 5.69 Å². The summed E-state index contributed by atoms with van der Waals surface area (Å²) in [5.74, 6) is 0.859. The second kappa shape index (κ2) is 9.01. The minimum absolute atomic E-state index is 0.142. The van der Waals surface area contributed by atoms with E-state index in [9.17, 15) is 9.59 Å². The molecule has 0 saturated heterocycles. The number of fused-ring (bicyclic) bond motifs is 1. The smallest absolute Gasteiger partial charge is 0.268 e. The Labute approximate surface area is 186 Å². The summed E-state index contributed by atoms with van der Waals surface area (Å²) in [6.45, 7) is 2.13. The van der Waals surface area contributed by atoms with Crippen LogP contribution in [0.1, 0.15) is 22.8 Å². The molecule has 0 saturated carbocycles. The average Bonchev–Trinajstić information content (AvgIpc) is 2.82. The summed E-state index contributed by atoms with van der Waals surface area (Å²) < 4.78 is 16.5. The van der Waals surface area contributed by atoms with E-state index in [-0.39, 0.29) is 17.4 Å². The van der Waals surface area contributed by atoms with Crippen LogP contribution in [-0.2, 0) is 11.3 Å². The zero-order chi connectivity index (χ0) is 22.7. The van der Waals surface area contributed by atoms with Gasteiger partial charge in [0.05, 0.1) is 26.5 Å². The Hall–Kier alpha value is -4.00. The van der Waals surface area contributed by atoms with Crippen molar-refractivity contribution in [1.29, 1.82) is 0 Å². The third kappa shape index (κ3) is 4.09. The Morgan fingerprint density at radius 3 is 2.34 bits per heavy atom. The number of anilines is 2. The standard InChI is InChI=1S/C25H24N2O5/c1-16-25(29)27(15-17-8-5-4-6-9-17)19-14-18(12-13-20(19)32-16)26-24(28)23-21(30-2)10-7-11-22(23)31-3/h4-14,16H,15H2,1-3H3,(H,26,28). The van der Waals surface area contributed by atoms with Crippen LogP contribution < -0.4 is 24.4 Å². The number of ether oxygens (including phenoxy) is 3. The SMILES string of the molecule is COc1cccc(OC)c1C(=O)Nc1ccc2c(c1)N(Cc1ccccc1)C(=O)C(C)O2. The molecular weight excluding hydrogens is 408 g/mol. The van der Waals surface area contributed by atoms with E-state index in [1.165, 1.54) is 14.2 Å². The molecule has 1 N–H and O–H groups in total. The van der Waals surface area contributed by atoms with Crippen molar-refractivity contribution in [3.05, 3.63) is 77.9 Å². The summed E-state index contributed by atoms with van der Waals surface area (Å²) >= 11 is 0. The molecule has 7 nitrogen and oxygen atoms in total. The number of hydrogen-bond acceptors (Lipinski definition) is 5. The van der Waals surface area contributed by atoms with Gasteiger partial charge >= 0.3 is 0 Å². The number of nitrogens with one attached hydrogen (secondary N) is 1. The van der Waals surface area contributed by atoms with E-state index in [1.807, 2.05) is 30.3 Å². The number of hydrogen-bond donors (Lipinski definition) is 1. The molecule has 1 heterocycles. The molecule has 1 aliphatic rings. The average molecular weight is 432 g/mol. The number of carbonyl (C=O) groups excluding carboxylic acids is 2. The lowest BCUT2D eigenvalue weighted by atomic mass is 10.1. The fraction of sp³-hybridized carbons (Fsp3) is 0.200. The van der Waals surface area contributed by atoms with Crippen LogP contribution in [0.3, 0.4) is 0 Å². The van der Waals surface area contributed by atoms with Gasteiger partial charge in [-0.05, 0) is 42.8 Å². The van der Waals surface area contributed by atoms with E-state index in [0.29, 0.717) is 35.2 Å². The predicted molar refractivity (Wildman–Crippen MR) is 122 cm³/mol. The highest BCUT2D eigenvalue weighted by Crippen LogP contribution is 2.38. The van der Waals surface area contributed by atoms with E-state index in [2.05, 4.69) is 5.32 Å². The van der Waals surface area contributed by atoms with Gasteiger partial charge in [0.25, 0.3) is 11.8 Å². The minimum Gasteiger partial charge on any atom is -0.496 e. The van der Waals surface area contributed by atoms with Crippen molar-refractivity contribution in [2.24, 2.45) is 0 Å². The summed E-state index contributed by atoms with van der Waals surface area (Å²) in [6, 6.07) is 20.1. The lowest BCUT2D eigenvalue weighted by molar-refractivity contribution is -0.125. The van der Waals surface area contributed by atoms with Crippen LogP contribution in [0.15, 0.2) is 66.7 Å². The molecule has 0 aliphatic carbocycles. The second-order valence-corrected chi connectivity index (χ2v) is 7.34. The van der Waals surface area contributed by atoms with Crippen molar-refractivity contribution in [2.75, 3.05) is 24.4 Å². The van der Waals surface area contributed by atoms with Gasteiger partial charge in [-0.25, -0.2) is 0 Å². The van der Waals surface area contributed by atoms with Gasteiger partial charge in [0.15, 0.2) is 6.10 Å². The number of benzene rings is 3. The second-order valence-electron chi connectivity index (χ2n) is 7.34. The number of carbonyl (C=O) groups is 2. The van der Waals surface area contributed by atoms with Crippen LogP contribution in [0.2, 0.25) is 0 Å². The highest BCUT2D eigenvalue weighted by Gasteiger charge is 2.32. The summed E-state index contributed by atoms with van der Waals surface area (Å²) in [5, 5.41) is 2.88. The Balaban J connectivity index is 1.66. The molecular formula is C25H24N2O5. The van der Waals surface area contributed by atoms with Gasteiger partial charge in [-0.1, -0.05) is 36.4 Å². The van der Waals surface area contributed by atoms with Crippen molar-refractivity contribution in [1.82, 2.24) is 0 Å². The van der Waals surface area contributed by atoms with Crippen LogP contribution in [0.5, 0.6) is 17.2 Å². The van der Waals surface area contributed by atoms with Crippen LogP contribution in [0.4, 0.5) is 11.4 Å². The van der Waals surface area contributed by atoms with Gasteiger partial charge < -0.3 is 24.4 Å². The number of nitrogens with zero attached hydrogens (tertiary/aromatic N) is 1. The molecule has 0 spiro atoms. The van der Waals surface area contributed by atoms with Crippen molar-refractivity contribution < 1.29 is 23.8 Å². The molecule has 32 heavy (non-hydrogen) atoms. The van der Waals surface area contributed by atoms with Crippen LogP contribution >= 0.6 is 0 Å². The molecule has 0 bridgehead atoms. The highest BCUT2D eigenvalue weighted by molar-refractivity contribution is 6.09. The summed E-state index contributed by atoms with van der Waals surface area (Å²) in [4.78, 5) is 27.6. The monoisotopic (exact) mass is 432 g/mol. The molecule has 3 aromatic carbocycles. The summed E-state index contributed by atoms with van der Waals surface area (Å²) in [5.41, 5.74) is 2.40. The van der Waals surface area contributed by atoms with Crippen LogP contribution in [0, 0.1) is 0 Å². The van der Waals surface area contributed by atoms with E-state index < -0.39 is 6.10 Å². The lowest BCUT2D eigenvalue weighted by Gasteiger charge is -2.33. The lowest BCUT2D eigenvalue weighted by Crippen LogP contribution is -2.44. The first kappa shape index (κ1) is 21.2. The molecule has 0 fully saturated rings. The molecule has 3 aromatic rings. The molecule has 1 unspecified atom stereocenters. The first-order valence-electron chi connectivity index (χ1n) is 10.2. The van der Waals surface area contributed by atoms with Crippen molar-refractivity contribution in [2.45, 2.75) is 19.6 Å². The van der Waals surface area contributed by atoms with Gasteiger partial charge in [-0.15, -0.1) is 0 Å². The largest absolute Gasteiger partial charge is 0.496 e. The molecule has 4 rings (SSSR count). The van der Waals surface area contributed by atoms with Gasteiger partial charge in [0.1, 0.15) is 22.8 Å². The van der Waals surface area contributed by atoms with Crippen molar-refractivity contribution in [3.63, 3.8) is 0 Å². The Morgan fingerprint density at radius 2 is 1.69 bits per heavy atom. The Kier molecular flexibility index (Phi) is 5.98. The molecule has 1 aliphatic heterocycles. The number of methoxy groups -OCH3 is 2. The Morgan fingerprint density at radius 1 is 1.00 bits per heavy atom. The number of amides is 2. The highest BCUT2D eigenvalue weighted by atomic mass is 16.5. The maximum absolute atomic E-state index is 13.0. The quantitative estimate of drug-likeness (QED) is 0.630. The van der Waals surface area contributed by atoms with Crippen LogP contribution in [-0.4, -0.2) is 32.1 Å². The van der Waals surface area contributed by atoms with Crippen molar-refractivity contribution in [3.8, 4) is 17.2 Å². The predicted octanol–water partition coefficient (Wildman–Crippen LogP) is 4.27. The topological polar surface area (TPSA) is 77.1 Å². The third-order valence-electron chi connectivity index (χ3n) is 5.26. The third-order valence-corrected chi connectivity index (χ3v) is 5.26. The molecule has 2 amide bonds. The van der Waals surface area contributed by atoms with Gasteiger partial charge in [-0.3, -0.25) is 9.59 Å². The molecule has 1 atom stereocenters. The number of rotatable bonds is 6. The Bertz CT molecular complexity index is 1120. The maximum atomic E-state index is 13.0. The van der Waals surface area contributed by atoms with Gasteiger partial charge in [0.2, 0.25) is 0 Å². The normalized spacial score (nSPS) is 14.9. The zero-order valence-electron chi connectivity index (χ0n) is 18.1. The molecule has 0 radical (unpaired) electrons. The molecule has 7 heteroatoms. The zero-order valence-corrected chi connectivity index (χ0v) is 18.1. The van der Waals surface area contributed by atoms with Gasteiger partial charge in [-0.2, -0.15) is 0 Å². The van der Waals surface area contributed by atoms with Crippen LogP contribution in [0.25, 0.3) is 0 Å². The molecule has 164 valence electrons. The first-order chi connectivity index (χ1) is 15.5. The van der Waals surface area contributed by atoms with E-state index in [0.717, 1.165) is 5.56 Å². The van der Waals surface area contributed by atoms with Crippen molar-refractivity contribution >= 4 is 23.2 Å². The summed E-state index contributed by atoms with van der Waals surface area (Å²) in [6.07, 6.45) is -0.593. The first-order valence-corrected chi connectivity index (χ1v) is 10.2. The summed E-state index contributed by atoms with van der Waals surface area (Å²) in [7, 11) is 2.99. The van der Waals surface area contributed by atoms with E-state index >= 15 is 0 Å². The van der Waals surface area contributed by atoms with E-state index in [1.54, 1.807) is 48.2 Å².